The summed E-state index contributed by atoms with van der Waals surface area (Å²) in [7, 11) is 1.61. The van der Waals surface area contributed by atoms with Crippen LogP contribution in [0.25, 0.3) is 0 Å². The number of aliphatic imine (C=N–C) groups is 1. The van der Waals surface area contributed by atoms with Gasteiger partial charge in [0.25, 0.3) is 0 Å². The molecule has 0 bridgehead atoms. The Labute approximate surface area is 158 Å². The van der Waals surface area contributed by atoms with Gasteiger partial charge in [0, 0.05) is 17.0 Å². The third-order valence-electron chi connectivity index (χ3n) is 5.47. The van der Waals surface area contributed by atoms with Gasteiger partial charge in [0.05, 0.1) is 31.6 Å². The summed E-state index contributed by atoms with van der Waals surface area (Å²) in [5.41, 5.74) is 3.56. The molecule has 0 spiro atoms. The fourth-order valence-electron chi connectivity index (χ4n) is 4.24. The molecule has 0 amide bonds. The van der Waals surface area contributed by atoms with Crippen molar-refractivity contribution in [1.82, 2.24) is 0 Å². The molecule has 1 saturated carbocycles. The van der Waals surface area contributed by atoms with E-state index in [0.29, 0.717) is 24.5 Å². The summed E-state index contributed by atoms with van der Waals surface area (Å²) in [5.74, 6) is 1.18. The molecule has 2 aromatic rings. The monoisotopic (exact) mass is 369 g/mol. The molecule has 5 heteroatoms. The zero-order valence-corrected chi connectivity index (χ0v) is 15.6. The third kappa shape index (κ3) is 3.32. The molecular formula is C22H24FNO3. The van der Waals surface area contributed by atoms with Gasteiger partial charge in [-0.1, -0.05) is 12.1 Å². The van der Waals surface area contributed by atoms with Crippen LogP contribution in [0, 0.1) is 5.82 Å². The molecule has 0 saturated heterocycles. The highest BCUT2D eigenvalue weighted by atomic mass is 19.1. The van der Waals surface area contributed by atoms with Gasteiger partial charge in [0.15, 0.2) is 11.5 Å². The number of nitrogens with zero attached hydrogens (tertiary/aromatic N) is 1. The number of aliphatic hydroxyl groups is 1. The normalized spacial score (nSPS) is 23.9. The maximum atomic E-state index is 13.9. The average Bonchev–Trinajstić information content (AvgIpc) is 2.67. The van der Waals surface area contributed by atoms with Crippen LogP contribution in [0.2, 0.25) is 0 Å². The van der Waals surface area contributed by atoms with Gasteiger partial charge in [-0.25, -0.2) is 4.39 Å². The van der Waals surface area contributed by atoms with E-state index in [9.17, 15) is 9.50 Å². The Bertz CT molecular complexity index is 880. The molecule has 3 atom stereocenters. The van der Waals surface area contributed by atoms with Crippen LogP contribution in [0.1, 0.15) is 48.8 Å². The van der Waals surface area contributed by atoms with Gasteiger partial charge in [-0.2, -0.15) is 0 Å². The van der Waals surface area contributed by atoms with Crippen molar-refractivity contribution in [1.29, 1.82) is 0 Å². The molecule has 2 aliphatic rings. The maximum absolute atomic E-state index is 13.9. The Balaban J connectivity index is 1.89. The van der Waals surface area contributed by atoms with Gasteiger partial charge >= 0.3 is 0 Å². The molecule has 0 radical (unpaired) electrons. The molecule has 142 valence electrons. The van der Waals surface area contributed by atoms with Gasteiger partial charge in [0.2, 0.25) is 0 Å². The molecule has 2 aromatic carbocycles. The summed E-state index contributed by atoms with van der Waals surface area (Å²) in [6.07, 6.45) is 1.92. The Morgan fingerprint density at radius 1 is 1.19 bits per heavy atom. The maximum Gasteiger partial charge on any atom is 0.161 e. The summed E-state index contributed by atoms with van der Waals surface area (Å²) < 4.78 is 25.2. The van der Waals surface area contributed by atoms with E-state index >= 15 is 0 Å². The smallest absolute Gasteiger partial charge is 0.161 e. The van der Waals surface area contributed by atoms with Crippen LogP contribution in [0.15, 0.2) is 41.4 Å². The van der Waals surface area contributed by atoms with Gasteiger partial charge < -0.3 is 14.6 Å². The van der Waals surface area contributed by atoms with E-state index in [1.165, 1.54) is 12.1 Å². The molecular weight excluding hydrogens is 345 g/mol. The van der Waals surface area contributed by atoms with Crippen molar-refractivity contribution in [2.24, 2.45) is 4.99 Å². The van der Waals surface area contributed by atoms with Crippen molar-refractivity contribution in [2.75, 3.05) is 13.7 Å². The van der Waals surface area contributed by atoms with E-state index in [-0.39, 0.29) is 23.9 Å². The summed E-state index contributed by atoms with van der Waals surface area (Å²) in [5, 5.41) is 10.2. The molecule has 27 heavy (non-hydrogen) atoms. The number of hydrogen-bond acceptors (Lipinski definition) is 4. The standard InChI is InChI=1S/C22H24FNO3/c1-3-27-21-11-16-17-10-15(25)7-8-19(17)24-22(18(16)12-20(21)26-2)13-5-4-6-14(23)9-13/h4-6,9,11-12,15,17,19,25H,3,7-8,10H2,1-2H3. The second-order valence-corrected chi connectivity index (χ2v) is 7.15. The number of halogens is 1. The average molecular weight is 369 g/mol. The molecule has 0 aromatic heterocycles. The van der Waals surface area contributed by atoms with Crippen molar-refractivity contribution in [3.63, 3.8) is 0 Å². The minimum atomic E-state index is -0.317. The topological polar surface area (TPSA) is 51.0 Å². The Morgan fingerprint density at radius 3 is 2.78 bits per heavy atom. The van der Waals surface area contributed by atoms with Crippen molar-refractivity contribution >= 4 is 5.71 Å². The van der Waals surface area contributed by atoms with Crippen molar-refractivity contribution in [3.8, 4) is 11.5 Å². The van der Waals surface area contributed by atoms with Crippen molar-refractivity contribution < 1.29 is 19.0 Å². The highest BCUT2D eigenvalue weighted by Crippen LogP contribution is 2.44. The highest BCUT2D eigenvalue weighted by Gasteiger charge is 2.37. The first-order valence-corrected chi connectivity index (χ1v) is 9.47. The van der Waals surface area contributed by atoms with Crippen LogP contribution in [0.4, 0.5) is 4.39 Å². The van der Waals surface area contributed by atoms with Gasteiger partial charge in [-0.15, -0.1) is 0 Å². The quantitative estimate of drug-likeness (QED) is 0.883. The summed E-state index contributed by atoms with van der Waals surface area (Å²) >= 11 is 0. The van der Waals surface area contributed by atoms with E-state index in [1.807, 2.05) is 25.1 Å². The van der Waals surface area contributed by atoms with E-state index < -0.39 is 0 Å². The zero-order chi connectivity index (χ0) is 19.0. The number of aliphatic hydroxyl groups excluding tert-OH is 1. The first-order valence-electron chi connectivity index (χ1n) is 9.47. The number of hydrogen-bond donors (Lipinski definition) is 1. The van der Waals surface area contributed by atoms with E-state index in [1.54, 1.807) is 13.2 Å². The van der Waals surface area contributed by atoms with Gasteiger partial charge in [-0.05, 0) is 56.0 Å². The van der Waals surface area contributed by atoms with Crippen molar-refractivity contribution in [2.45, 2.75) is 44.2 Å². The fourth-order valence-corrected chi connectivity index (χ4v) is 4.24. The van der Waals surface area contributed by atoms with E-state index in [2.05, 4.69) is 0 Å². The lowest BCUT2D eigenvalue weighted by atomic mass is 9.74. The van der Waals surface area contributed by atoms with Gasteiger partial charge in [0.1, 0.15) is 5.82 Å². The summed E-state index contributed by atoms with van der Waals surface area (Å²) in [6.45, 7) is 2.47. The summed E-state index contributed by atoms with van der Waals surface area (Å²) in [4.78, 5) is 4.98. The molecule has 1 fully saturated rings. The highest BCUT2D eigenvalue weighted by molar-refractivity contribution is 6.15. The number of methoxy groups -OCH3 is 1. The Hall–Kier alpha value is -2.40. The lowest BCUT2D eigenvalue weighted by Gasteiger charge is -2.37. The molecule has 1 aliphatic carbocycles. The third-order valence-corrected chi connectivity index (χ3v) is 5.47. The molecule has 3 unspecified atom stereocenters. The van der Waals surface area contributed by atoms with Gasteiger partial charge in [-0.3, -0.25) is 4.99 Å². The number of benzene rings is 2. The Morgan fingerprint density at radius 2 is 2.04 bits per heavy atom. The summed E-state index contributed by atoms with van der Waals surface area (Å²) in [6, 6.07) is 10.6. The lowest BCUT2D eigenvalue weighted by Crippen LogP contribution is -2.34. The first kappa shape index (κ1) is 18.0. The SMILES string of the molecule is CCOc1cc2c(cc1OC)C(c1cccc(F)c1)=NC1CCC(O)CC21. The van der Waals surface area contributed by atoms with Crippen molar-refractivity contribution in [3.05, 3.63) is 58.9 Å². The molecule has 1 N–H and O–H groups in total. The molecule has 1 aliphatic heterocycles. The molecule has 4 rings (SSSR count). The van der Waals surface area contributed by atoms with E-state index in [0.717, 1.165) is 35.2 Å². The Kier molecular flexibility index (Phi) is 4.87. The second-order valence-electron chi connectivity index (χ2n) is 7.15. The predicted molar refractivity (Wildman–Crippen MR) is 103 cm³/mol. The lowest BCUT2D eigenvalue weighted by molar-refractivity contribution is 0.111. The second kappa shape index (κ2) is 7.31. The number of ether oxygens (including phenoxy) is 2. The molecule has 1 heterocycles. The minimum absolute atomic E-state index is 0.0852. The van der Waals surface area contributed by atoms with Crippen LogP contribution in [-0.2, 0) is 0 Å². The largest absolute Gasteiger partial charge is 0.493 e. The zero-order valence-electron chi connectivity index (χ0n) is 15.6. The van der Waals surface area contributed by atoms with Crippen LogP contribution in [-0.4, -0.2) is 36.7 Å². The van der Waals surface area contributed by atoms with E-state index in [4.69, 9.17) is 14.5 Å². The predicted octanol–water partition coefficient (Wildman–Crippen LogP) is 4.08. The molecule has 4 nitrogen and oxygen atoms in total. The minimum Gasteiger partial charge on any atom is -0.493 e. The van der Waals surface area contributed by atoms with Crippen LogP contribution < -0.4 is 9.47 Å². The number of fused-ring (bicyclic) bond motifs is 3. The van der Waals surface area contributed by atoms with Crippen LogP contribution in [0.3, 0.4) is 0 Å². The van der Waals surface area contributed by atoms with Crippen LogP contribution >= 0.6 is 0 Å². The van der Waals surface area contributed by atoms with Crippen LogP contribution in [0.5, 0.6) is 11.5 Å². The fraction of sp³-hybridized carbons (Fsp3) is 0.409. The first-order chi connectivity index (χ1) is 13.1. The number of rotatable bonds is 4.